The predicted octanol–water partition coefficient (Wildman–Crippen LogP) is 4.09. The van der Waals surface area contributed by atoms with E-state index in [0.717, 1.165) is 0 Å². The summed E-state index contributed by atoms with van der Waals surface area (Å²) in [7, 11) is 0. The Labute approximate surface area is 85.5 Å². The van der Waals surface area contributed by atoms with Crippen LogP contribution >= 0.6 is 58.0 Å². The van der Waals surface area contributed by atoms with Crippen LogP contribution in [-0.4, -0.2) is 14.3 Å². The molecule has 0 aliphatic carbocycles. The standard InChI is InChI=1S/C3Cl5F3/c4-1(5,2(6,7)9)3(8,10)11. The van der Waals surface area contributed by atoms with Gasteiger partial charge in [-0.05, 0) is 11.6 Å². The van der Waals surface area contributed by atoms with Gasteiger partial charge in [0, 0.05) is 0 Å². The highest BCUT2D eigenvalue weighted by molar-refractivity contribution is 6.63. The van der Waals surface area contributed by atoms with Gasteiger partial charge in [0.1, 0.15) is 0 Å². The fraction of sp³-hybridized carbons (Fsp3) is 1.00. The number of hydrogen-bond donors (Lipinski definition) is 0. The Morgan fingerprint density at radius 3 is 1.00 bits per heavy atom. The lowest BCUT2D eigenvalue weighted by molar-refractivity contribution is 0.0516. The zero-order valence-corrected chi connectivity index (χ0v) is 8.30. The summed E-state index contributed by atoms with van der Waals surface area (Å²) in [5.41, 5.74) is 0. The molecular formula is C3Cl5F3. The van der Waals surface area contributed by atoms with Crippen molar-refractivity contribution in [2.45, 2.75) is 14.3 Å². The van der Waals surface area contributed by atoms with E-state index in [9.17, 15) is 13.2 Å². The van der Waals surface area contributed by atoms with E-state index in [-0.39, 0.29) is 0 Å². The van der Waals surface area contributed by atoms with Crippen LogP contribution in [-0.2, 0) is 0 Å². The highest BCUT2D eigenvalue weighted by Gasteiger charge is 2.64. The van der Waals surface area contributed by atoms with Gasteiger partial charge in [-0.15, -0.1) is 0 Å². The normalized spacial score (nSPS) is 15.3. The highest BCUT2D eigenvalue weighted by Crippen LogP contribution is 2.54. The summed E-state index contributed by atoms with van der Waals surface area (Å²) in [5.74, 6) is 0. The molecule has 0 aromatic rings. The van der Waals surface area contributed by atoms with Crippen LogP contribution < -0.4 is 0 Å². The van der Waals surface area contributed by atoms with Crippen LogP contribution in [0.15, 0.2) is 0 Å². The van der Waals surface area contributed by atoms with Crippen LogP contribution in [0.2, 0.25) is 0 Å². The van der Waals surface area contributed by atoms with Gasteiger partial charge in [0.15, 0.2) is 0 Å². The molecule has 0 saturated carbocycles. The molecule has 0 fully saturated rings. The van der Waals surface area contributed by atoms with Gasteiger partial charge in [-0.1, -0.05) is 46.4 Å². The van der Waals surface area contributed by atoms with Crippen molar-refractivity contribution in [2.75, 3.05) is 0 Å². The van der Waals surface area contributed by atoms with E-state index >= 15 is 0 Å². The van der Waals surface area contributed by atoms with Crippen molar-refractivity contribution >= 4 is 58.0 Å². The summed E-state index contributed by atoms with van der Waals surface area (Å²) in [6, 6.07) is 0. The molecule has 0 saturated heterocycles. The van der Waals surface area contributed by atoms with Crippen LogP contribution in [0.1, 0.15) is 0 Å². The maximum atomic E-state index is 12.4. The lowest BCUT2D eigenvalue weighted by Gasteiger charge is -2.28. The van der Waals surface area contributed by atoms with Crippen LogP contribution in [0.25, 0.3) is 0 Å². The second-order valence-electron chi connectivity index (χ2n) is 1.57. The van der Waals surface area contributed by atoms with Gasteiger partial charge in [-0.25, -0.2) is 4.39 Å². The Hall–Kier alpha value is 1.24. The van der Waals surface area contributed by atoms with Gasteiger partial charge in [-0.2, -0.15) is 8.78 Å². The van der Waals surface area contributed by atoms with E-state index in [4.69, 9.17) is 23.2 Å². The van der Waals surface area contributed by atoms with Gasteiger partial charge in [0.2, 0.25) is 0 Å². The number of hydrogen-bond acceptors (Lipinski definition) is 0. The molecule has 0 radical (unpaired) electrons. The highest BCUT2D eigenvalue weighted by atomic mass is 35.5. The number of halogens is 8. The van der Waals surface area contributed by atoms with Crippen molar-refractivity contribution in [3.8, 4) is 0 Å². The molecule has 0 aromatic carbocycles. The largest absolute Gasteiger partial charge is 0.360 e. The van der Waals surface area contributed by atoms with Gasteiger partial charge in [-0.3, -0.25) is 0 Å². The Balaban J connectivity index is 4.75. The summed E-state index contributed by atoms with van der Waals surface area (Å²) >= 11 is 22.9. The minimum absolute atomic E-state index is 3.38. The van der Waals surface area contributed by atoms with Crippen molar-refractivity contribution in [3.05, 3.63) is 0 Å². The molecule has 0 heterocycles. The van der Waals surface area contributed by atoms with E-state index in [0.29, 0.717) is 0 Å². The molecule has 0 atom stereocenters. The monoisotopic (exact) mass is 268 g/mol. The first-order valence-electron chi connectivity index (χ1n) is 2.01. The lowest BCUT2D eigenvalue weighted by Crippen LogP contribution is -2.45. The first kappa shape index (κ1) is 12.2. The molecule has 0 N–H and O–H groups in total. The lowest BCUT2D eigenvalue weighted by atomic mass is 10.4. The topological polar surface area (TPSA) is 0 Å². The van der Waals surface area contributed by atoms with E-state index in [1.54, 1.807) is 0 Å². The summed E-state index contributed by atoms with van der Waals surface area (Å²) < 4.78 is 29.6. The fourth-order valence-electron chi connectivity index (χ4n) is 0.161. The molecule has 0 rings (SSSR count). The van der Waals surface area contributed by atoms with Crippen LogP contribution in [0.4, 0.5) is 13.2 Å². The van der Waals surface area contributed by atoms with Gasteiger partial charge in [0.05, 0.1) is 0 Å². The zero-order chi connectivity index (χ0) is 9.50. The second kappa shape index (κ2) is 3.18. The molecule has 0 spiro atoms. The molecule has 0 aliphatic heterocycles. The van der Waals surface area contributed by atoms with Crippen molar-refractivity contribution in [2.24, 2.45) is 0 Å². The first-order valence-corrected chi connectivity index (χ1v) is 3.90. The maximum absolute atomic E-state index is 12.4. The first-order chi connectivity index (χ1) is 4.50. The third-order valence-corrected chi connectivity index (χ3v) is 3.14. The van der Waals surface area contributed by atoms with Crippen molar-refractivity contribution < 1.29 is 13.2 Å². The van der Waals surface area contributed by atoms with Gasteiger partial charge in [0.25, 0.3) is 8.92 Å². The third-order valence-electron chi connectivity index (χ3n) is 0.712. The zero-order valence-electron chi connectivity index (χ0n) is 4.52. The summed E-state index contributed by atoms with van der Waals surface area (Å²) in [6.45, 7) is 0. The molecule has 68 valence electrons. The van der Waals surface area contributed by atoms with E-state index in [1.165, 1.54) is 0 Å². The molecule has 0 nitrogen and oxygen atoms in total. The van der Waals surface area contributed by atoms with E-state index in [1.807, 2.05) is 0 Å². The Morgan fingerprint density at radius 1 is 0.727 bits per heavy atom. The van der Waals surface area contributed by atoms with E-state index in [2.05, 4.69) is 34.8 Å². The summed E-state index contributed by atoms with van der Waals surface area (Å²) in [5, 5.41) is -4.26. The Kier molecular flexibility index (Phi) is 3.54. The predicted molar refractivity (Wildman–Crippen MR) is 40.8 cm³/mol. The summed E-state index contributed by atoms with van der Waals surface area (Å²) in [4.78, 5) is 0. The van der Waals surface area contributed by atoms with Crippen molar-refractivity contribution in [1.29, 1.82) is 0 Å². The molecule has 0 aromatic heterocycles. The molecule has 8 heteroatoms. The molecular weight excluding hydrogens is 270 g/mol. The molecule has 0 unspecified atom stereocenters. The van der Waals surface area contributed by atoms with Crippen molar-refractivity contribution in [1.82, 2.24) is 0 Å². The van der Waals surface area contributed by atoms with Gasteiger partial charge < -0.3 is 0 Å². The summed E-state index contributed by atoms with van der Waals surface area (Å²) in [6.07, 6.45) is 0. The Bertz CT molecular complexity index is 128. The fourth-order valence-corrected chi connectivity index (χ4v) is 0.625. The molecule has 0 aliphatic rings. The molecule has 11 heavy (non-hydrogen) atoms. The molecule has 0 bridgehead atoms. The number of rotatable bonds is 2. The Morgan fingerprint density at radius 2 is 1.00 bits per heavy atom. The number of alkyl halides is 8. The van der Waals surface area contributed by atoms with Crippen molar-refractivity contribution in [3.63, 3.8) is 0 Å². The van der Waals surface area contributed by atoms with Crippen LogP contribution in [0.3, 0.4) is 0 Å². The SMILES string of the molecule is FC(F)(Cl)C(Cl)(Cl)C(F)(Cl)Cl. The van der Waals surface area contributed by atoms with Crippen LogP contribution in [0, 0.1) is 0 Å². The third kappa shape index (κ3) is 2.59. The molecule has 0 amide bonds. The second-order valence-corrected chi connectivity index (χ2v) is 4.61. The quantitative estimate of drug-likeness (QED) is 0.663. The minimum atomic E-state index is -4.26. The average Bonchev–Trinajstić information content (AvgIpc) is 1.58. The van der Waals surface area contributed by atoms with Crippen LogP contribution in [0.5, 0.6) is 0 Å². The maximum Gasteiger partial charge on any atom is 0.360 e. The minimum Gasteiger partial charge on any atom is -0.204 e. The smallest absolute Gasteiger partial charge is 0.204 e. The van der Waals surface area contributed by atoms with Gasteiger partial charge >= 0.3 is 5.38 Å². The van der Waals surface area contributed by atoms with E-state index < -0.39 is 14.3 Å². The average molecular weight is 270 g/mol.